The van der Waals surface area contributed by atoms with Crippen LogP contribution in [-0.4, -0.2) is 14.8 Å². The number of aromatic nitrogens is 3. The highest BCUT2D eigenvalue weighted by Crippen LogP contribution is 2.19. The Kier molecular flexibility index (Phi) is 4.26. The minimum absolute atomic E-state index is 0.131. The highest BCUT2D eigenvalue weighted by molar-refractivity contribution is 5.45. The Balaban J connectivity index is 2.11. The van der Waals surface area contributed by atoms with Gasteiger partial charge in [0.2, 0.25) is 0 Å². The summed E-state index contributed by atoms with van der Waals surface area (Å²) in [4.78, 5) is 4.04. The summed E-state index contributed by atoms with van der Waals surface area (Å²) in [5.41, 5.74) is -0.235. The van der Waals surface area contributed by atoms with Gasteiger partial charge in [-0.15, -0.1) is 0 Å². The van der Waals surface area contributed by atoms with Gasteiger partial charge in [-0.1, -0.05) is 13.8 Å². The van der Waals surface area contributed by atoms with Crippen LogP contribution in [0.2, 0.25) is 0 Å². The van der Waals surface area contributed by atoms with Crippen molar-refractivity contribution in [3.8, 4) is 0 Å². The van der Waals surface area contributed by atoms with Crippen molar-refractivity contribution in [1.29, 1.82) is 0 Å². The van der Waals surface area contributed by atoms with E-state index >= 15 is 0 Å². The SMILES string of the molecule is CC(C)Cn1ncnc1CNc1cc(F)cc(F)c1F. The second-order valence-electron chi connectivity index (χ2n) is 4.85. The maximum Gasteiger partial charge on any atom is 0.182 e. The lowest BCUT2D eigenvalue weighted by atomic mass is 10.2. The molecule has 0 spiro atoms. The smallest absolute Gasteiger partial charge is 0.182 e. The Hall–Kier alpha value is -2.05. The summed E-state index contributed by atoms with van der Waals surface area (Å²) in [6.45, 7) is 4.85. The molecule has 1 heterocycles. The standard InChI is InChI=1S/C13H15F3N4/c1-8(2)6-20-12(18-7-19-20)5-17-11-4-9(14)3-10(15)13(11)16/h3-4,7-8,17H,5-6H2,1-2H3. The van der Waals surface area contributed by atoms with E-state index < -0.39 is 17.5 Å². The fraction of sp³-hybridized carbons (Fsp3) is 0.385. The van der Waals surface area contributed by atoms with Crippen molar-refractivity contribution in [3.63, 3.8) is 0 Å². The minimum Gasteiger partial charge on any atom is -0.375 e. The number of benzene rings is 1. The molecule has 0 atom stereocenters. The van der Waals surface area contributed by atoms with Crippen LogP contribution in [-0.2, 0) is 13.1 Å². The van der Waals surface area contributed by atoms with E-state index in [2.05, 4.69) is 15.4 Å². The van der Waals surface area contributed by atoms with Crippen molar-refractivity contribution >= 4 is 5.69 Å². The van der Waals surface area contributed by atoms with Crippen LogP contribution in [0.4, 0.5) is 18.9 Å². The molecule has 2 aromatic rings. The molecule has 0 aliphatic rings. The number of hydrogen-bond acceptors (Lipinski definition) is 3. The first kappa shape index (κ1) is 14.4. The lowest BCUT2D eigenvalue weighted by Gasteiger charge is -2.11. The van der Waals surface area contributed by atoms with Gasteiger partial charge in [0, 0.05) is 18.7 Å². The zero-order valence-corrected chi connectivity index (χ0v) is 11.2. The van der Waals surface area contributed by atoms with Gasteiger partial charge in [0.25, 0.3) is 0 Å². The number of anilines is 1. The van der Waals surface area contributed by atoms with Crippen LogP contribution in [0.1, 0.15) is 19.7 Å². The van der Waals surface area contributed by atoms with Crippen LogP contribution < -0.4 is 5.32 Å². The molecule has 1 aromatic carbocycles. The highest BCUT2D eigenvalue weighted by Gasteiger charge is 2.12. The first-order valence-electron chi connectivity index (χ1n) is 6.22. The molecule has 0 amide bonds. The Morgan fingerprint density at radius 3 is 2.70 bits per heavy atom. The molecule has 20 heavy (non-hydrogen) atoms. The van der Waals surface area contributed by atoms with E-state index in [1.807, 2.05) is 13.8 Å². The van der Waals surface area contributed by atoms with E-state index in [4.69, 9.17) is 0 Å². The van der Waals surface area contributed by atoms with E-state index in [0.29, 0.717) is 24.4 Å². The number of hydrogen-bond donors (Lipinski definition) is 1. The molecule has 0 aliphatic carbocycles. The van der Waals surface area contributed by atoms with E-state index in [0.717, 1.165) is 6.07 Å². The summed E-state index contributed by atoms with van der Waals surface area (Å²) in [7, 11) is 0. The second-order valence-corrected chi connectivity index (χ2v) is 4.85. The molecule has 4 nitrogen and oxygen atoms in total. The van der Waals surface area contributed by atoms with Gasteiger partial charge in [-0.25, -0.2) is 22.8 Å². The molecular formula is C13H15F3N4. The van der Waals surface area contributed by atoms with Crippen LogP contribution >= 0.6 is 0 Å². The Morgan fingerprint density at radius 1 is 1.25 bits per heavy atom. The maximum atomic E-state index is 13.5. The van der Waals surface area contributed by atoms with Crippen LogP contribution in [0.25, 0.3) is 0 Å². The van der Waals surface area contributed by atoms with E-state index in [1.165, 1.54) is 6.33 Å². The van der Waals surface area contributed by atoms with Gasteiger partial charge >= 0.3 is 0 Å². The van der Waals surface area contributed by atoms with Gasteiger partial charge in [-0.2, -0.15) is 5.10 Å². The third kappa shape index (κ3) is 3.28. The molecule has 1 N–H and O–H groups in total. The van der Waals surface area contributed by atoms with Crippen LogP contribution in [0.15, 0.2) is 18.5 Å². The molecule has 1 aromatic heterocycles. The van der Waals surface area contributed by atoms with Gasteiger partial charge in [-0.05, 0) is 5.92 Å². The summed E-state index contributed by atoms with van der Waals surface area (Å²) in [6, 6.07) is 1.41. The van der Waals surface area contributed by atoms with Gasteiger partial charge in [0.1, 0.15) is 18.0 Å². The molecule has 2 rings (SSSR count). The fourth-order valence-electron chi connectivity index (χ4n) is 1.78. The first-order valence-corrected chi connectivity index (χ1v) is 6.22. The van der Waals surface area contributed by atoms with Gasteiger partial charge < -0.3 is 5.32 Å². The predicted molar refractivity (Wildman–Crippen MR) is 68.5 cm³/mol. The number of halogens is 3. The van der Waals surface area contributed by atoms with E-state index in [-0.39, 0.29) is 12.2 Å². The van der Waals surface area contributed by atoms with Crippen molar-refractivity contribution in [3.05, 3.63) is 41.7 Å². The van der Waals surface area contributed by atoms with Gasteiger partial charge in [-0.3, -0.25) is 0 Å². The summed E-state index contributed by atoms with van der Waals surface area (Å²) in [5, 5.41) is 6.68. The highest BCUT2D eigenvalue weighted by atomic mass is 19.2. The summed E-state index contributed by atoms with van der Waals surface area (Å²) >= 11 is 0. The molecule has 0 saturated carbocycles. The molecule has 0 fully saturated rings. The summed E-state index contributed by atoms with van der Waals surface area (Å²) in [5.74, 6) is -2.23. The van der Waals surface area contributed by atoms with Crippen molar-refractivity contribution in [2.45, 2.75) is 26.9 Å². The largest absolute Gasteiger partial charge is 0.375 e. The Labute approximate surface area is 114 Å². The summed E-state index contributed by atoms with van der Waals surface area (Å²) < 4.78 is 41.3. The Morgan fingerprint density at radius 2 is 2.00 bits per heavy atom. The number of nitrogens with zero attached hydrogens (tertiary/aromatic N) is 3. The lowest BCUT2D eigenvalue weighted by molar-refractivity contribution is 0.467. The zero-order chi connectivity index (χ0) is 14.7. The monoisotopic (exact) mass is 284 g/mol. The van der Waals surface area contributed by atoms with Crippen LogP contribution in [0, 0.1) is 23.4 Å². The van der Waals surface area contributed by atoms with Gasteiger partial charge in [0.05, 0.1) is 12.2 Å². The lowest BCUT2D eigenvalue weighted by Crippen LogP contribution is -2.14. The van der Waals surface area contributed by atoms with Crippen LogP contribution in [0.3, 0.4) is 0 Å². The van der Waals surface area contributed by atoms with E-state index in [1.54, 1.807) is 4.68 Å². The average molecular weight is 284 g/mol. The number of rotatable bonds is 5. The normalized spacial score (nSPS) is 11.1. The first-order chi connectivity index (χ1) is 9.47. The molecule has 0 radical (unpaired) electrons. The minimum atomic E-state index is -1.23. The predicted octanol–water partition coefficient (Wildman–Crippen LogP) is 2.96. The molecule has 0 saturated heterocycles. The molecule has 0 unspecified atom stereocenters. The van der Waals surface area contributed by atoms with E-state index in [9.17, 15) is 13.2 Å². The molecule has 7 heteroatoms. The third-order valence-corrected chi connectivity index (χ3v) is 2.66. The van der Waals surface area contributed by atoms with Gasteiger partial charge in [0.15, 0.2) is 11.6 Å². The maximum absolute atomic E-state index is 13.5. The average Bonchev–Trinajstić information content (AvgIpc) is 2.78. The quantitative estimate of drug-likeness (QED) is 0.858. The van der Waals surface area contributed by atoms with Crippen molar-refractivity contribution in [2.75, 3.05) is 5.32 Å². The number of nitrogens with one attached hydrogen (secondary N) is 1. The molecule has 0 bridgehead atoms. The topological polar surface area (TPSA) is 42.7 Å². The fourth-order valence-corrected chi connectivity index (χ4v) is 1.78. The van der Waals surface area contributed by atoms with Crippen LogP contribution in [0.5, 0.6) is 0 Å². The Bertz CT molecular complexity index is 595. The summed E-state index contributed by atoms with van der Waals surface area (Å²) in [6.07, 6.45) is 1.39. The molecule has 108 valence electrons. The second kappa shape index (κ2) is 5.94. The van der Waals surface area contributed by atoms with Crippen molar-refractivity contribution in [1.82, 2.24) is 14.8 Å². The zero-order valence-electron chi connectivity index (χ0n) is 11.2. The molecule has 0 aliphatic heterocycles. The molecular weight excluding hydrogens is 269 g/mol. The van der Waals surface area contributed by atoms with Crippen molar-refractivity contribution < 1.29 is 13.2 Å². The van der Waals surface area contributed by atoms with Crippen molar-refractivity contribution in [2.24, 2.45) is 5.92 Å². The third-order valence-electron chi connectivity index (χ3n) is 2.66.